The molecule has 4 nitrogen and oxygen atoms in total. The van der Waals surface area contributed by atoms with E-state index in [0.29, 0.717) is 6.04 Å². The van der Waals surface area contributed by atoms with Gasteiger partial charge in [-0.25, -0.2) is 0 Å². The second-order valence-electron chi connectivity index (χ2n) is 6.09. The minimum Gasteiger partial charge on any atom is -0.497 e. The van der Waals surface area contributed by atoms with Crippen molar-refractivity contribution in [2.45, 2.75) is 51.2 Å². The van der Waals surface area contributed by atoms with Crippen LogP contribution in [0.3, 0.4) is 0 Å². The molecule has 0 amide bonds. The minimum absolute atomic E-state index is 0.670. The summed E-state index contributed by atoms with van der Waals surface area (Å²) < 4.78 is 5.34. The summed E-state index contributed by atoms with van der Waals surface area (Å²) >= 11 is 0. The Balaban J connectivity index is 1.61. The smallest absolute Gasteiger partial charge is 0.122 e. The maximum absolute atomic E-state index is 5.34. The number of methoxy groups -OCH3 is 1. The minimum atomic E-state index is 0.670. The van der Waals surface area contributed by atoms with Gasteiger partial charge in [0.2, 0.25) is 0 Å². The topological polar surface area (TPSA) is 37.4 Å². The Morgan fingerprint density at radius 2 is 2.20 bits per heavy atom. The van der Waals surface area contributed by atoms with Crippen LogP contribution < -0.4 is 10.1 Å². The first kappa shape index (κ1) is 13.8. The highest BCUT2D eigenvalue weighted by Crippen LogP contribution is 2.23. The van der Waals surface area contributed by atoms with Crippen LogP contribution in [0, 0.1) is 6.92 Å². The van der Waals surface area contributed by atoms with Crippen molar-refractivity contribution in [3.63, 3.8) is 0 Å². The van der Waals surface area contributed by atoms with Crippen LogP contribution in [0.25, 0.3) is 0 Å². The van der Waals surface area contributed by atoms with Crippen LogP contribution in [0.2, 0.25) is 0 Å². The molecule has 1 aliphatic carbocycles. The van der Waals surface area contributed by atoms with E-state index < -0.39 is 0 Å². The number of hydrogen-bond acceptors (Lipinski definition) is 4. The Hall–Kier alpha value is -1.13. The van der Waals surface area contributed by atoms with Gasteiger partial charge < -0.3 is 10.1 Å². The zero-order valence-corrected chi connectivity index (χ0v) is 12.6. The molecular weight excluding hydrogens is 250 g/mol. The maximum Gasteiger partial charge on any atom is 0.122 e. The molecule has 110 valence electrons. The van der Waals surface area contributed by atoms with Gasteiger partial charge in [-0.05, 0) is 39.2 Å². The predicted octanol–water partition coefficient (Wildman–Crippen LogP) is 2.12. The molecule has 1 saturated carbocycles. The number of aromatic nitrogens is 1. The van der Waals surface area contributed by atoms with Crippen molar-refractivity contribution < 1.29 is 4.74 Å². The molecule has 3 rings (SSSR count). The van der Waals surface area contributed by atoms with Crippen LogP contribution in [0.5, 0.6) is 5.75 Å². The van der Waals surface area contributed by atoms with Crippen molar-refractivity contribution in [3.05, 3.63) is 23.5 Å². The van der Waals surface area contributed by atoms with Gasteiger partial charge in [0.1, 0.15) is 5.75 Å². The summed E-state index contributed by atoms with van der Waals surface area (Å²) in [7, 11) is 1.72. The molecule has 1 atom stereocenters. The van der Waals surface area contributed by atoms with Crippen LogP contribution in [-0.2, 0) is 6.54 Å². The fourth-order valence-corrected chi connectivity index (χ4v) is 3.03. The highest BCUT2D eigenvalue weighted by molar-refractivity contribution is 5.26. The van der Waals surface area contributed by atoms with Gasteiger partial charge in [0.05, 0.1) is 12.8 Å². The summed E-state index contributed by atoms with van der Waals surface area (Å²) in [6.07, 6.45) is 5.34. The number of nitrogens with one attached hydrogen (secondary N) is 1. The van der Waals surface area contributed by atoms with Crippen molar-refractivity contribution in [1.29, 1.82) is 0 Å². The molecule has 0 radical (unpaired) electrons. The molecule has 2 fully saturated rings. The normalized spacial score (nSPS) is 23.2. The van der Waals surface area contributed by atoms with E-state index in [-0.39, 0.29) is 0 Å². The van der Waals surface area contributed by atoms with Crippen molar-refractivity contribution in [3.8, 4) is 5.75 Å². The molecule has 0 spiro atoms. The Kier molecular flexibility index (Phi) is 4.22. The van der Waals surface area contributed by atoms with Gasteiger partial charge in [-0.2, -0.15) is 0 Å². The fourth-order valence-electron chi connectivity index (χ4n) is 3.03. The lowest BCUT2D eigenvalue weighted by Gasteiger charge is -2.24. The summed E-state index contributed by atoms with van der Waals surface area (Å²) in [6.45, 7) is 5.29. The first-order valence-electron chi connectivity index (χ1n) is 7.73. The van der Waals surface area contributed by atoms with Gasteiger partial charge in [0.25, 0.3) is 0 Å². The van der Waals surface area contributed by atoms with Crippen LogP contribution >= 0.6 is 0 Å². The lowest BCUT2D eigenvalue weighted by Crippen LogP contribution is -2.38. The third-order valence-corrected chi connectivity index (χ3v) is 4.30. The zero-order valence-electron chi connectivity index (χ0n) is 12.6. The lowest BCUT2D eigenvalue weighted by atomic mass is 10.2. The zero-order chi connectivity index (χ0) is 13.9. The quantitative estimate of drug-likeness (QED) is 0.863. The molecule has 20 heavy (non-hydrogen) atoms. The third kappa shape index (κ3) is 3.49. The Bertz CT molecular complexity index is 459. The summed E-state index contributed by atoms with van der Waals surface area (Å²) in [6, 6.07) is 5.52. The van der Waals surface area contributed by atoms with E-state index in [1.165, 1.54) is 32.2 Å². The van der Waals surface area contributed by atoms with Gasteiger partial charge in [0.15, 0.2) is 0 Å². The van der Waals surface area contributed by atoms with E-state index in [0.717, 1.165) is 36.3 Å². The van der Waals surface area contributed by atoms with E-state index in [2.05, 4.69) is 21.3 Å². The fraction of sp³-hybridized carbons (Fsp3) is 0.688. The van der Waals surface area contributed by atoms with E-state index in [4.69, 9.17) is 4.74 Å². The average Bonchev–Trinajstić information content (AvgIpc) is 3.16. The van der Waals surface area contributed by atoms with E-state index in [1.54, 1.807) is 7.11 Å². The van der Waals surface area contributed by atoms with Crippen LogP contribution in [-0.4, -0.2) is 42.2 Å². The van der Waals surface area contributed by atoms with Gasteiger partial charge in [-0.1, -0.05) is 0 Å². The predicted molar refractivity (Wildman–Crippen MR) is 80.0 cm³/mol. The Morgan fingerprint density at radius 1 is 1.35 bits per heavy atom. The maximum atomic E-state index is 5.34. The molecule has 1 unspecified atom stereocenters. The highest BCUT2D eigenvalue weighted by atomic mass is 16.5. The number of nitrogens with zero attached hydrogens (tertiary/aromatic N) is 2. The second-order valence-corrected chi connectivity index (χ2v) is 6.09. The van der Waals surface area contributed by atoms with Crippen LogP contribution in [0.4, 0.5) is 0 Å². The number of likely N-dealkylation sites (tertiary alicyclic amines) is 1. The summed E-state index contributed by atoms with van der Waals surface area (Å²) in [5.41, 5.74) is 2.16. The molecule has 1 aliphatic heterocycles. The van der Waals surface area contributed by atoms with E-state index in [1.807, 2.05) is 13.0 Å². The van der Waals surface area contributed by atoms with Crippen molar-refractivity contribution in [1.82, 2.24) is 15.2 Å². The molecule has 1 N–H and O–H groups in total. The molecular formula is C16H25N3O. The number of ether oxygens (including phenoxy) is 1. The SMILES string of the molecule is COc1cc(C)nc(CN2CCCC2CNC2CC2)c1. The third-order valence-electron chi connectivity index (χ3n) is 4.30. The molecule has 0 aromatic carbocycles. The van der Waals surface area contributed by atoms with Crippen molar-refractivity contribution in [2.75, 3.05) is 20.2 Å². The van der Waals surface area contributed by atoms with E-state index in [9.17, 15) is 0 Å². The first-order chi connectivity index (χ1) is 9.74. The highest BCUT2D eigenvalue weighted by Gasteiger charge is 2.27. The Labute approximate surface area is 121 Å². The molecule has 2 aliphatic rings. The molecule has 1 aromatic rings. The second kappa shape index (κ2) is 6.10. The van der Waals surface area contributed by atoms with Gasteiger partial charge >= 0.3 is 0 Å². The average molecular weight is 275 g/mol. The molecule has 1 aromatic heterocycles. The molecule has 2 heterocycles. The monoisotopic (exact) mass is 275 g/mol. The van der Waals surface area contributed by atoms with Crippen molar-refractivity contribution in [2.24, 2.45) is 0 Å². The summed E-state index contributed by atoms with van der Waals surface area (Å²) in [5, 5.41) is 3.66. The lowest BCUT2D eigenvalue weighted by molar-refractivity contribution is 0.235. The summed E-state index contributed by atoms with van der Waals surface area (Å²) in [5.74, 6) is 0.916. The standard InChI is InChI=1S/C16H25N3O/c1-12-8-16(20-2)9-14(18-12)11-19-7-3-4-15(19)10-17-13-5-6-13/h8-9,13,15,17H,3-7,10-11H2,1-2H3. The summed E-state index contributed by atoms with van der Waals surface area (Å²) in [4.78, 5) is 7.21. The van der Waals surface area contributed by atoms with Crippen LogP contribution in [0.1, 0.15) is 37.1 Å². The van der Waals surface area contributed by atoms with Gasteiger partial charge in [0, 0.05) is 43.0 Å². The molecule has 4 heteroatoms. The number of hydrogen-bond donors (Lipinski definition) is 1. The first-order valence-corrected chi connectivity index (χ1v) is 7.73. The number of rotatable bonds is 6. The van der Waals surface area contributed by atoms with Gasteiger partial charge in [-0.15, -0.1) is 0 Å². The number of pyridine rings is 1. The molecule has 1 saturated heterocycles. The van der Waals surface area contributed by atoms with Gasteiger partial charge in [-0.3, -0.25) is 9.88 Å². The number of aryl methyl sites for hydroxylation is 1. The Morgan fingerprint density at radius 3 is 2.95 bits per heavy atom. The van der Waals surface area contributed by atoms with Crippen LogP contribution in [0.15, 0.2) is 12.1 Å². The van der Waals surface area contributed by atoms with Crippen molar-refractivity contribution >= 4 is 0 Å². The van der Waals surface area contributed by atoms with E-state index >= 15 is 0 Å². The molecule has 0 bridgehead atoms. The largest absolute Gasteiger partial charge is 0.497 e.